The monoisotopic (exact) mass is 231 g/mol. The van der Waals surface area contributed by atoms with Gasteiger partial charge in [-0.3, -0.25) is 0 Å². The molecule has 0 heterocycles. The molecule has 0 amide bonds. The Morgan fingerprint density at radius 3 is 1.07 bits per heavy atom. The van der Waals surface area contributed by atoms with Crippen LogP contribution in [0.15, 0.2) is 0 Å². The summed E-state index contributed by atoms with van der Waals surface area (Å²) in [5.41, 5.74) is 0. The van der Waals surface area contributed by atoms with Crippen molar-refractivity contribution in [1.29, 1.82) is 0 Å². The molecule has 90 valence electrons. The maximum atomic E-state index is 8.88. The van der Waals surface area contributed by atoms with Crippen molar-refractivity contribution in [3.63, 3.8) is 0 Å². The molecule has 0 fully saturated rings. The van der Waals surface area contributed by atoms with Crippen LogP contribution in [0.5, 0.6) is 0 Å². The Bertz CT molecular complexity index is 120. The second-order valence-corrected chi connectivity index (χ2v) is 3.16. The summed E-state index contributed by atoms with van der Waals surface area (Å²) in [4.78, 5) is 23.9. The zero-order valence-electron chi connectivity index (χ0n) is 9.21. The lowest BCUT2D eigenvalue weighted by atomic mass is 10.5. The molecule has 0 radical (unpaired) electrons. The summed E-state index contributed by atoms with van der Waals surface area (Å²) in [5.74, 6) is 0. The summed E-state index contributed by atoms with van der Waals surface area (Å²) in [6.07, 6.45) is 0. The normalized spacial score (nSPS) is 9.79. The third-order valence-electron chi connectivity index (χ3n) is 1.34. The van der Waals surface area contributed by atoms with Gasteiger partial charge in [0.05, 0.1) is 0 Å². The van der Waals surface area contributed by atoms with E-state index >= 15 is 0 Å². The molecule has 6 nitrogen and oxygen atoms in total. The Kier molecular flexibility index (Phi) is 18.2. The largest absolute Gasteiger partial charge is 0.466 e. The molecule has 4 N–H and O–H groups in total. The van der Waals surface area contributed by atoms with Gasteiger partial charge in [0.25, 0.3) is 0 Å². The molecule has 0 saturated carbocycles. The van der Waals surface area contributed by atoms with Gasteiger partial charge in [0.1, 0.15) is 0 Å². The first-order valence-electron chi connectivity index (χ1n) is 4.30. The minimum atomic E-state index is -4.64. The number of hydrogen-bond donors (Lipinski definition) is 4. The molecule has 0 spiro atoms. The Morgan fingerprint density at radius 1 is 0.929 bits per heavy atom. The lowest BCUT2D eigenvalue weighted by Gasteiger charge is -2.13. The van der Waals surface area contributed by atoms with Gasteiger partial charge in [-0.05, 0) is 19.6 Å². The van der Waals surface area contributed by atoms with Crippen molar-refractivity contribution in [1.82, 2.24) is 4.90 Å². The molecule has 0 rings (SSSR count). The van der Waals surface area contributed by atoms with E-state index in [0.717, 1.165) is 7.11 Å². The Hall–Kier alpha value is 0.0300. The number of hydrogen-bond acceptors (Lipinski definition) is 3. The van der Waals surface area contributed by atoms with E-state index in [-0.39, 0.29) is 0 Å². The van der Waals surface area contributed by atoms with Gasteiger partial charge in [0, 0.05) is 7.11 Å². The van der Waals surface area contributed by atoms with Gasteiger partial charge in [-0.2, -0.15) is 0 Å². The fourth-order valence-corrected chi connectivity index (χ4v) is 0.671. The van der Waals surface area contributed by atoms with Crippen LogP contribution in [0.3, 0.4) is 0 Å². The SMILES string of the molecule is CCN(CC)CC.CO.O=P(O)(O)O. The van der Waals surface area contributed by atoms with Gasteiger partial charge in [0.2, 0.25) is 0 Å². The number of aliphatic hydroxyl groups is 1. The molecule has 0 aromatic heterocycles. The molecule has 0 atom stereocenters. The van der Waals surface area contributed by atoms with Gasteiger partial charge in [0.15, 0.2) is 0 Å². The second kappa shape index (κ2) is 13.0. The summed E-state index contributed by atoms with van der Waals surface area (Å²) in [5, 5.41) is 7.00. The molecule has 0 aliphatic heterocycles. The van der Waals surface area contributed by atoms with Gasteiger partial charge in [-0.15, -0.1) is 0 Å². The van der Waals surface area contributed by atoms with Crippen molar-refractivity contribution in [2.75, 3.05) is 26.7 Å². The molecule has 0 aliphatic rings. The fourth-order valence-electron chi connectivity index (χ4n) is 0.671. The van der Waals surface area contributed by atoms with E-state index in [2.05, 4.69) is 25.7 Å². The van der Waals surface area contributed by atoms with Gasteiger partial charge < -0.3 is 24.7 Å². The Balaban J connectivity index is -0.000000152. The van der Waals surface area contributed by atoms with Crippen molar-refractivity contribution < 1.29 is 24.4 Å². The molecule has 14 heavy (non-hydrogen) atoms. The van der Waals surface area contributed by atoms with E-state index < -0.39 is 7.82 Å². The minimum Gasteiger partial charge on any atom is -0.400 e. The predicted molar refractivity (Wildman–Crippen MR) is 55.9 cm³/mol. The first-order valence-corrected chi connectivity index (χ1v) is 5.86. The van der Waals surface area contributed by atoms with E-state index in [1.54, 1.807) is 0 Å². The third kappa shape index (κ3) is 40.3. The highest BCUT2D eigenvalue weighted by Gasteiger charge is 2.00. The van der Waals surface area contributed by atoms with Crippen LogP contribution in [0.2, 0.25) is 0 Å². The molecule has 0 unspecified atom stereocenters. The lowest BCUT2D eigenvalue weighted by molar-refractivity contribution is 0.275. The lowest BCUT2D eigenvalue weighted by Crippen LogP contribution is -2.21. The topological polar surface area (TPSA) is 101 Å². The van der Waals surface area contributed by atoms with Crippen LogP contribution >= 0.6 is 7.82 Å². The standard InChI is InChI=1S/C6H15N.CH4O.H3O4P/c1-4-7(5-2)6-3;1-2;1-5(2,3)4/h4-6H2,1-3H3;2H,1H3;(H3,1,2,3,4). The molecule has 0 aromatic rings. The second-order valence-electron chi connectivity index (χ2n) is 2.13. The van der Waals surface area contributed by atoms with Crippen LogP contribution in [0.4, 0.5) is 0 Å². The fraction of sp³-hybridized carbons (Fsp3) is 1.00. The number of rotatable bonds is 3. The smallest absolute Gasteiger partial charge is 0.400 e. The summed E-state index contributed by atoms with van der Waals surface area (Å²) in [6, 6.07) is 0. The highest BCUT2D eigenvalue weighted by molar-refractivity contribution is 7.45. The van der Waals surface area contributed by atoms with Gasteiger partial charge in [-0.25, -0.2) is 4.57 Å². The zero-order chi connectivity index (χ0) is 12.2. The summed E-state index contributed by atoms with van der Waals surface area (Å²) >= 11 is 0. The van der Waals surface area contributed by atoms with Crippen molar-refractivity contribution in [3.05, 3.63) is 0 Å². The van der Waals surface area contributed by atoms with Crippen molar-refractivity contribution in [2.45, 2.75) is 20.8 Å². The quantitative estimate of drug-likeness (QED) is 0.511. The predicted octanol–water partition coefficient (Wildman–Crippen LogP) is 0.0280. The highest BCUT2D eigenvalue weighted by Crippen LogP contribution is 2.25. The summed E-state index contributed by atoms with van der Waals surface area (Å²) < 4.78 is 8.88. The molecular formula is C7H22NO5P. The maximum absolute atomic E-state index is 8.88. The summed E-state index contributed by atoms with van der Waals surface area (Å²) in [7, 11) is -3.64. The minimum absolute atomic E-state index is 1.00. The molecular weight excluding hydrogens is 209 g/mol. The average Bonchev–Trinajstić information content (AvgIpc) is 2.08. The molecule has 0 bridgehead atoms. The van der Waals surface area contributed by atoms with Crippen LogP contribution in [0, 0.1) is 0 Å². The van der Waals surface area contributed by atoms with Crippen molar-refractivity contribution in [2.24, 2.45) is 0 Å². The molecule has 7 heteroatoms. The Labute approximate surface area is 85.4 Å². The van der Waals surface area contributed by atoms with Crippen molar-refractivity contribution >= 4 is 7.82 Å². The van der Waals surface area contributed by atoms with E-state index in [0.29, 0.717) is 0 Å². The van der Waals surface area contributed by atoms with Crippen LogP contribution in [-0.2, 0) is 4.57 Å². The third-order valence-corrected chi connectivity index (χ3v) is 1.34. The average molecular weight is 231 g/mol. The first kappa shape index (κ1) is 19.6. The van der Waals surface area contributed by atoms with Crippen LogP contribution in [-0.4, -0.2) is 51.4 Å². The van der Waals surface area contributed by atoms with Crippen LogP contribution in [0.25, 0.3) is 0 Å². The summed E-state index contributed by atoms with van der Waals surface area (Å²) in [6.45, 7) is 10.1. The molecule has 0 saturated heterocycles. The Morgan fingerprint density at radius 2 is 1.07 bits per heavy atom. The van der Waals surface area contributed by atoms with Gasteiger partial charge in [-0.1, -0.05) is 20.8 Å². The van der Waals surface area contributed by atoms with E-state index in [9.17, 15) is 0 Å². The number of nitrogens with zero attached hydrogens (tertiary/aromatic N) is 1. The highest BCUT2D eigenvalue weighted by atomic mass is 31.2. The van der Waals surface area contributed by atoms with Gasteiger partial charge >= 0.3 is 7.82 Å². The number of phosphoric acid groups is 1. The van der Waals surface area contributed by atoms with Crippen LogP contribution in [0.1, 0.15) is 20.8 Å². The molecule has 0 aliphatic carbocycles. The van der Waals surface area contributed by atoms with E-state index in [1.165, 1.54) is 19.6 Å². The zero-order valence-corrected chi connectivity index (χ0v) is 10.1. The van der Waals surface area contributed by atoms with E-state index in [1.807, 2.05) is 0 Å². The molecule has 0 aromatic carbocycles. The van der Waals surface area contributed by atoms with Crippen molar-refractivity contribution in [3.8, 4) is 0 Å². The van der Waals surface area contributed by atoms with E-state index in [4.69, 9.17) is 24.4 Å². The van der Waals surface area contributed by atoms with Crippen LogP contribution < -0.4 is 0 Å². The first-order chi connectivity index (χ1) is 6.35. The number of aliphatic hydroxyl groups excluding tert-OH is 1. The maximum Gasteiger partial charge on any atom is 0.466 e.